The minimum Gasteiger partial charge on any atom is -0.478 e. The van der Waals surface area contributed by atoms with Crippen molar-refractivity contribution in [1.82, 2.24) is 10.3 Å². The average Bonchev–Trinajstić information content (AvgIpc) is 2.95. The number of aromatic nitrogens is 1. The summed E-state index contributed by atoms with van der Waals surface area (Å²) in [5, 5.41) is 21.8. The zero-order valence-corrected chi connectivity index (χ0v) is 10.7. The number of nitrogens with one attached hydrogen (secondary N) is 2. The molecule has 0 aliphatic heterocycles. The SMILES string of the molecule is O=C(O)c1ccc(CNC(=O)c2cc([N+](=O)[O-])c[nH]2)cc1. The van der Waals surface area contributed by atoms with Crippen LogP contribution in [0.2, 0.25) is 0 Å². The van der Waals surface area contributed by atoms with Crippen molar-refractivity contribution in [2.45, 2.75) is 6.54 Å². The van der Waals surface area contributed by atoms with Crippen LogP contribution in [0, 0.1) is 10.1 Å². The lowest BCUT2D eigenvalue weighted by Crippen LogP contribution is -2.23. The van der Waals surface area contributed by atoms with Gasteiger partial charge < -0.3 is 15.4 Å². The van der Waals surface area contributed by atoms with Gasteiger partial charge in [0.15, 0.2) is 0 Å². The molecular formula is C13H11N3O5. The monoisotopic (exact) mass is 289 g/mol. The minimum atomic E-state index is -1.02. The first-order valence-corrected chi connectivity index (χ1v) is 5.90. The van der Waals surface area contributed by atoms with Gasteiger partial charge in [0.1, 0.15) is 5.69 Å². The zero-order chi connectivity index (χ0) is 15.4. The molecule has 8 heteroatoms. The summed E-state index contributed by atoms with van der Waals surface area (Å²) in [6, 6.07) is 7.18. The van der Waals surface area contributed by atoms with Crippen molar-refractivity contribution >= 4 is 17.6 Å². The molecule has 2 aromatic rings. The number of hydrogen-bond donors (Lipinski definition) is 3. The van der Waals surface area contributed by atoms with E-state index in [1.54, 1.807) is 12.1 Å². The minimum absolute atomic E-state index is 0.0869. The Labute approximate surface area is 118 Å². The van der Waals surface area contributed by atoms with Crippen LogP contribution in [0.5, 0.6) is 0 Å². The van der Waals surface area contributed by atoms with Crippen molar-refractivity contribution in [3.8, 4) is 0 Å². The van der Waals surface area contributed by atoms with E-state index in [1.807, 2.05) is 0 Å². The largest absolute Gasteiger partial charge is 0.478 e. The number of hydrogen-bond acceptors (Lipinski definition) is 4. The summed E-state index contributed by atoms with van der Waals surface area (Å²) < 4.78 is 0. The first-order chi connectivity index (χ1) is 9.97. The molecule has 0 saturated heterocycles. The Morgan fingerprint density at radius 1 is 1.29 bits per heavy atom. The van der Waals surface area contributed by atoms with Crippen LogP contribution in [0.15, 0.2) is 36.5 Å². The molecule has 0 saturated carbocycles. The molecule has 108 valence electrons. The van der Waals surface area contributed by atoms with Gasteiger partial charge in [0.25, 0.3) is 11.6 Å². The molecule has 8 nitrogen and oxygen atoms in total. The van der Waals surface area contributed by atoms with Gasteiger partial charge in [0.05, 0.1) is 16.7 Å². The van der Waals surface area contributed by atoms with Crippen LogP contribution in [-0.2, 0) is 6.54 Å². The molecule has 0 radical (unpaired) electrons. The van der Waals surface area contributed by atoms with Gasteiger partial charge in [0, 0.05) is 12.6 Å². The van der Waals surface area contributed by atoms with Gasteiger partial charge in [-0.3, -0.25) is 14.9 Å². The second-order valence-electron chi connectivity index (χ2n) is 4.21. The molecule has 1 amide bonds. The summed E-state index contributed by atoms with van der Waals surface area (Å²) in [5.74, 6) is -1.50. The molecule has 0 bridgehead atoms. The summed E-state index contributed by atoms with van der Waals surface area (Å²) in [7, 11) is 0. The molecule has 0 atom stereocenters. The van der Waals surface area contributed by atoms with Gasteiger partial charge in [-0.1, -0.05) is 12.1 Å². The van der Waals surface area contributed by atoms with Gasteiger partial charge in [-0.2, -0.15) is 0 Å². The number of H-pyrrole nitrogens is 1. The third-order valence-corrected chi connectivity index (χ3v) is 2.78. The number of amides is 1. The Morgan fingerprint density at radius 2 is 1.95 bits per heavy atom. The molecule has 0 aliphatic carbocycles. The number of carbonyl (C=O) groups excluding carboxylic acids is 1. The number of carboxylic acids is 1. The molecule has 1 aromatic heterocycles. The molecule has 0 spiro atoms. The predicted molar refractivity (Wildman–Crippen MR) is 72.0 cm³/mol. The predicted octanol–water partition coefficient (Wildman–Crippen LogP) is 1.55. The van der Waals surface area contributed by atoms with Crippen LogP contribution < -0.4 is 5.32 Å². The standard InChI is InChI=1S/C13H11N3O5/c17-12(11-5-10(7-14-11)16(20)21)15-6-8-1-3-9(4-2-8)13(18)19/h1-5,7,14H,6H2,(H,15,17)(H,18,19). The van der Waals surface area contributed by atoms with Crippen LogP contribution in [0.1, 0.15) is 26.4 Å². The molecule has 0 unspecified atom stereocenters. The fraction of sp³-hybridized carbons (Fsp3) is 0.0769. The summed E-state index contributed by atoms with van der Waals surface area (Å²) in [5.41, 5.74) is 0.772. The summed E-state index contributed by atoms with van der Waals surface area (Å²) in [6.07, 6.45) is 1.14. The van der Waals surface area contributed by atoms with Crippen LogP contribution in [-0.4, -0.2) is 26.9 Å². The summed E-state index contributed by atoms with van der Waals surface area (Å²) >= 11 is 0. The van der Waals surface area contributed by atoms with E-state index < -0.39 is 16.8 Å². The fourth-order valence-corrected chi connectivity index (χ4v) is 1.66. The number of aromatic amines is 1. The van der Waals surface area contributed by atoms with Crippen molar-refractivity contribution in [2.75, 3.05) is 0 Å². The second-order valence-corrected chi connectivity index (χ2v) is 4.21. The maximum absolute atomic E-state index is 11.8. The van der Waals surface area contributed by atoms with Gasteiger partial charge in [0.2, 0.25) is 0 Å². The molecule has 1 heterocycles. The Bertz CT molecular complexity index is 690. The van der Waals surface area contributed by atoms with Gasteiger partial charge >= 0.3 is 5.97 Å². The van der Waals surface area contributed by atoms with E-state index in [0.717, 1.165) is 17.8 Å². The van der Waals surface area contributed by atoms with Crippen molar-refractivity contribution in [3.05, 3.63) is 63.5 Å². The van der Waals surface area contributed by atoms with Crippen LogP contribution >= 0.6 is 0 Å². The summed E-state index contributed by atoms with van der Waals surface area (Å²) in [6.45, 7) is 0.186. The van der Waals surface area contributed by atoms with Gasteiger partial charge in [-0.15, -0.1) is 0 Å². The number of nitrogens with zero attached hydrogens (tertiary/aromatic N) is 1. The van der Waals surface area contributed by atoms with Crippen LogP contribution in [0.3, 0.4) is 0 Å². The van der Waals surface area contributed by atoms with Gasteiger partial charge in [-0.05, 0) is 17.7 Å². The normalized spacial score (nSPS) is 10.1. The lowest BCUT2D eigenvalue weighted by Gasteiger charge is -2.04. The fourth-order valence-electron chi connectivity index (χ4n) is 1.66. The number of carboxylic acid groups (broad SMARTS) is 1. The summed E-state index contributed by atoms with van der Waals surface area (Å²) in [4.78, 5) is 34.9. The lowest BCUT2D eigenvalue weighted by molar-refractivity contribution is -0.384. The van der Waals surface area contributed by atoms with E-state index in [0.29, 0.717) is 0 Å². The molecule has 0 fully saturated rings. The van der Waals surface area contributed by atoms with E-state index in [4.69, 9.17) is 5.11 Å². The highest BCUT2D eigenvalue weighted by atomic mass is 16.6. The average molecular weight is 289 g/mol. The molecule has 3 N–H and O–H groups in total. The van der Waals surface area contributed by atoms with E-state index >= 15 is 0 Å². The molecule has 0 aliphatic rings. The maximum atomic E-state index is 11.8. The molecule has 21 heavy (non-hydrogen) atoms. The highest BCUT2D eigenvalue weighted by Gasteiger charge is 2.14. The van der Waals surface area contributed by atoms with Crippen molar-refractivity contribution in [2.24, 2.45) is 0 Å². The van der Waals surface area contributed by atoms with Crippen molar-refractivity contribution < 1.29 is 19.6 Å². The van der Waals surface area contributed by atoms with Gasteiger partial charge in [-0.25, -0.2) is 4.79 Å². The topological polar surface area (TPSA) is 125 Å². The number of aromatic carboxylic acids is 1. The zero-order valence-electron chi connectivity index (χ0n) is 10.7. The molecular weight excluding hydrogens is 278 g/mol. The number of benzene rings is 1. The molecule has 1 aromatic carbocycles. The van der Waals surface area contributed by atoms with E-state index in [-0.39, 0.29) is 23.5 Å². The number of carbonyl (C=O) groups is 2. The first kappa shape index (κ1) is 14.3. The first-order valence-electron chi connectivity index (χ1n) is 5.90. The number of nitro groups is 1. The van der Waals surface area contributed by atoms with E-state index in [2.05, 4.69) is 10.3 Å². The highest BCUT2D eigenvalue weighted by Crippen LogP contribution is 2.12. The Kier molecular flexibility index (Phi) is 3.98. The van der Waals surface area contributed by atoms with Crippen molar-refractivity contribution in [3.63, 3.8) is 0 Å². The van der Waals surface area contributed by atoms with Crippen molar-refractivity contribution in [1.29, 1.82) is 0 Å². The smallest absolute Gasteiger partial charge is 0.335 e. The van der Waals surface area contributed by atoms with Crippen LogP contribution in [0.4, 0.5) is 5.69 Å². The maximum Gasteiger partial charge on any atom is 0.335 e. The lowest BCUT2D eigenvalue weighted by atomic mass is 10.1. The third kappa shape index (κ3) is 3.44. The second kappa shape index (κ2) is 5.87. The highest BCUT2D eigenvalue weighted by molar-refractivity contribution is 5.93. The number of rotatable bonds is 5. The Hall–Kier alpha value is -3.16. The Balaban J connectivity index is 1.97. The Morgan fingerprint density at radius 3 is 2.48 bits per heavy atom. The van der Waals surface area contributed by atoms with Crippen LogP contribution in [0.25, 0.3) is 0 Å². The quantitative estimate of drug-likeness (QED) is 0.568. The van der Waals surface area contributed by atoms with E-state index in [9.17, 15) is 19.7 Å². The third-order valence-electron chi connectivity index (χ3n) is 2.78. The molecule has 2 rings (SSSR count). The van der Waals surface area contributed by atoms with E-state index in [1.165, 1.54) is 12.1 Å².